The minimum absolute atomic E-state index is 0.365. The summed E-state index contributed by atoms with van der Waals surface area (Å²) in [5, 5.41) is 2.05. The summed E-state index contributed by atoms with van der Waals surface area (Å²) in [4.78, 5) is 0. The van der Waals surface area contributed by atoms with E-state index in [9.17, 15) is 0 Å². The Morgan fingerprint density at radius 3 is 2.33 bits per heavy atom. The van der Waals surface area contributed by atoms with Gasteiger partial charge in [0.25, 0.3) is 0 Å². The molecule has 0 amide bonds. The Balaban J connectivity index is 2.11. The molecule has 0 aliphatic carbocycles. The van der Waals surface area contributed by atoms with Gasteiger partial charge in [-0.15, -0.1) is 0 Å². The van der Waals surface area contributed by atoms with Gasteiger partial charge in [-0.1, -0.05) is 57.3 Å². The number of hydrogen-bond acceptors (Lipinski definition) is 1. The van der Waals surface area contributed by atoms with Crippen molar-refractivity contribution < 1.29 is 4.74 Å². The van der Waals surface area contributed by atoms with E-state index in [1.807, 2.05) is 30.3 Å². The summed E-state index contributed by atoms with van der Waals surface area (Å²) in [5.74, 6) is 0.808. The van der Waals surface area contributed by atoms with E-state index < -0.39 is 0 Å². The molecule has 94 valence electrons. The Kier molecular flexibility index (Phi) is 4.93. The molecule has 2 rings (SSSR count). The highest BCUT2D eigenvalue weighted by atomic mass is 79.9. The second-order valence-electron chi connectivity index (χ2n) is 3.77. The van der Waals surface area contributed by atoms with Gasteiger partial charge in [0.2, 0.25) is 0 Å². The summed E-state index contributed by atoms with van der Waals surface area (Å²) in [5.41, 5.74) is 1.97. The maximum atomic E-state index is 6.08. The fourth-order valence-electron chi connectivity index (χ4n) is 1.54. The van der Waals surface area contributed by atoms with Gasteiger partial charge >= 0.3 is 0 Å². The molecule has 0 saturated heterocycles. The average molecular weight is 346 g/mol. The standard InChI is InChI=1S/C14H11BrCl2O/c15-8-10-3-1-4-11(7-10)18-9-12-13(16)5-2-6-14(12)17/h1-7H,8-9H2. The Morgan fingerprint density at radius 1 is 1.00 bits per heavy atom. The lowest BCUT2D eigenvalue weighted by atomic mass is 10.2. The van der Waals surface area contributed by atoms with Gasteiger partial charge in [-0.3, -0.25) is 0 Å². The molecule has 0 N–H and O–H groups in total. The van der Waals surface area contributed by atoms with Gasteiger partial charge in [0.1, 0.15) is 12.4 Å². The van der Waals surface area contributed by atoms with Gasteiger partial charge in [0, 0.05) is 20.9 Å². The van der Waals surface area contributed by atoms with E-state index in [0.717, 1.165) is 22.2 Å². The van der Waals surface area contributed by atoms with Gasteiger partial charge in [-0.25, -0.2) is 0 Å². The van der Waals surface area contributed by atoms with Gasteiger partial charge in [0.05, 0.1) is 0 Å². The molecule has 1 nitrogen and oxygen atoms in total. The van der Waals surface area contributed by atoms with Crippen LogP contribution in [0.5, 0.6) is 5.75 Å². The predicted octanol–water partition coefficient (Wildman–Crippen LogP) is 5.47. The third-order valence-corrected chi connectivity index (χ3v) is 3.85. The molecule has 0 aliphatic rings. The third kappa shape index (κ3) is 3.41. The summed E-state index contributed by atoms with van der Waals surface area (Å²) in [6.45, 7) is 0.365. The molecule has 4 heteroatoms. The normalized spacial score (nSPS) is 10.4. The molecule has 0 radical (unpaired) electrons. The summed E-state index contributed by atoms with van der Waals surface area (Å²) >= 11 is 15.6. The molecule has 0 aromatic heterocycles. The van der Waals surface area contributed by atoms with Crippen molar-refractivity contribution in [3.8, 4) is 5.75 Å². The lowest BCUT2D eigenvalue weighted by Crippen LogP contribution is -1.97. The van der Waals surface area contributed by atoms with E-state index in [-0.39, 0.29) is 0 Å². The lowest BCUT2D eigenvalue weighted by Gasteiger charge is -2.10. The fraction of sp³-hybridized carbons (Fsp3) is 0.143. The van der Waals surface area contributed by atoms with Crippen LogP contribution in [0, 0.1) is 0 Å². The van der Waals surface area contributed by atoms with E-state index in [2.05, 4.69) is 15.9 Å². The maximum Gasteiger partial charge on any atom is 0.120 e. The van der Waals surface area contributed by atoms with E-state index >= 15 is 0 Å². The molecule has 0 spiro atoms. The zero-order chi connectivity index (χ0) is 13.0. The number of rotatable bonds is 4. The van der Waals surface area contributed by atoms with Crippen molar-refractivity contribution >= 4 is 39.1 Å². The summed E-state index contributed by atoms with van der Waals surface area (Å²) < 4.78 is 5.71. The first-order valence-electron chi connectivity index (χ1n) is 5.41. The summed E-state index contributed by atoms with van der Waals surface area (Å²) in [6, 6.07) is 13.3. The molecule has 0 fully saturated rings. The van der Waals surface area contributed by atoms with Crippen molar-refractivity contribution in [3.05, 3.63) is 63.6 Å². The quantitative estimate of drug-likeness (QED) is 0.668. The van der Waals surface area contributed by atoms with Crippen LogP contribution in [0.1, 0.15) is 11.1 Å². The first-order chi connectivity index (χ1) is 8.70. The topological polar surface area (TPSA) is 9.23 Å². The number of halogens is 3. The molecule has 0 atom stereocenters. The largest absolute Gasteiger partial charge is 0.489 e. The van der Waals surface area contributed by atoms with Crippen LogP contribution in [0.4, 0.5) is 0 Å². The molecule has 0 heterocycles. The van der Waals surface area contributed by atoms with Gasteiger partial charge in [-0.05, 0) is 29.8 Å². The van der Waals surface area contributed by atoms with Crippen LogP contribution < -0.4 is 4.74 Å². The van der Waals surface area contributed by atoms with E-state index in [1.165, 1.54) is 0 Å². The number of benzene rings is 2. The van der Waals surface area contributed by atoms with Crippen molar-refractivity contribution in [1.29, 1.82) is 0 Å². The van der Waals surface area contributed by atoms with Gasteiger partial charge in [0.15, 0.2) is 0 Å². The molecular weight excluding hydrogens is 335 g/mol. The van der Waals surface area contributed by atoms with Crippen molar-refractivity contribution in [2.45, 2.75) is 11.9 Å². The Labute approximate surface area is 125 Å². The smallest absolute Gasteiger partial charge is 0.120 e. The molecule has 2 aromatic carbocycles. The van der Waals surface area contributed by atoms with Crippen molar-refractivity contribution in [2.24, 2.45) is 0 Å². The van der Waals surface area contributed by atoms with Crippen LogP contribution in [0.2, 0.25) is 10.0 Å². The second-order valence-corrected chi connectivity index (χ2v) is 5.15. The SMILES string of the molecule is Clc1cccc(Cl)c1COc1cccc(CBr)c1. The molecule has 0 unspecified atom stereocenters. The van der Waals surface area contributed by atoms with Crippen LogP contribution in [-0.2, 0) is 11.9 Å². The molecule has 0 aliphatic heterocycles. The van der Waals surface area contributed by atoms with Crippen LogP contribution in [0.25, 0.3) is 0 Å². The Bertz CT molecular complexity index is 523. The zero-order valence-electron chi connectivity index (χ0n) is 9.50. The van der Waals surface area contributed by atoms with Crippen LogP contribution >= 0.6 is 39.1 Å². The average Bonchev–Trinajstić information content (AvgIpc) is 2.38. The number of ether oxygens (including phenoxy) is 1. The van der Waals surface area contributed by atoms with E-state index in [0.29, 0.717) is 16.7 Å². The number of alkyl halides is 1. The highest BCUT2D eigenvalue weighted by Crippen LogP contribution is 2.26. The zero-order valence-corrected chi connectivity index (χ0v) is 12.6. The molecule has 18 heavy (non-hydrogen) atoms. The second kappa shape index (κ2) is 6.46. The Morgan fingerprint density at radius 2 is 1.67 bits per heavy atom. The molecular formula is C14H11BrCl2O. The van der Waals surface area contributed by atoms with Crippen LogP contribution in [0.3, 0.4) is 0 Å². The van der Waals surface area contributed by atoms with Crippen LogP contribution in [0.15, 0.2) is 42.5 Å². The highest BCUT2D eigenvalue weighted by Gasteiger charge is 2.06. The van der Waals surface area contributed by atoms with Gasteiger partial charge in [-0.2, -0.15) is 0 Å². The third-order valence-electron chi connectivity index (χ3n) is 2.50. The highest BCUT2D eigenvalue weighted by molar-refractivity contribution is 9.08. The molecule has 0 bridgehead atoms. The summed E-state index contributed by atoms with van der Waals surface area (Å²) in [7, 11) is 0. The predicted molar refractivity (Wildman–Crippen MR) is 79.9 cm³/mol. The number of hydrogen-bond donors (Lipinski definition) is 0. The van der Waals surface area contributed by atoms with E-state index in [4.69, 9.17) is 27.9 Å². The van der Waals surface area contributed by atoms with Crippen molar-refractivity contribution in [1.82, 2.24) is 0 Å². The maximum absolute atomic E-state index is 6.08. The minimum Gasteiger partial charge on any atom is -0.489 e. The first-order valence-corrected chi connectivity index (χ1v) is 7.29. The Hall–Kier alpha value is -0.700. The first kappa shape index (κ1) is 13.7. The monoisotopic (exact) mass is 344 g/mol. The van der Waals surface area contributed by atoms with Crippen molar-refractivity contribution in [3.63, 3.8) is 0 Å². The fourth-order valence-corrected chi connectivity index (χ4v) is 2.40. The van der Waals surface area contributed by atoms with Gasteiger partial charge < -0.3 is 4.74 Å². The van der Waals surface area contributed by atoms with E-state index in [1.54, 1.807) is 12.1 Å². The van der Waals surface area contributed by atoms with Crippen LogP contribution in [-0.4, -0.2) is 0 Å². The molecule has 0 saturated carbocycles. The summed E-state index contributed by atoms with van der Waals surface area (Å²) in [6.07, 6.45) is 0. The van der Waals surface area contributed by atoms with Crippen molar-refractivity contribution in [2.75, 3.05) is 0 Å². The molecule has 2 aromatic rings. The lowest BCUT2D eigenvalue weighted by molar-refractivity contribution is 0.306. The minimum atomic E-state index is 0.365.